The number of halogens is 2. The van der Waals surface area contributed by atoms with Crippen molar-refractivity contribution in [3.05, 3.63) is 121 Å². The number of benzene rings is 6. The van der Waals surface area contributed by atoms with Crippen LogP contribution in [0.2, 0.25) is 0 Å². The van der Waals surface area contributed by atoms with Gasteiger partial charge in [-0.15, -0.1) is 24.8 Å². The summed E-state index contributed by atoms with van der Waals surface area (Å²) in [6, 6.07) is 34.8. The highest BCUT2D eigenvalue weighted by Gasteiger charge is 2.23. The van der Waals surface area contributed by atoms with Crippen molar-refractivity contribution >= 4 is 121 Å². The summed E-state index contributed by atoms with van der Waals surface area (Å²) in [5.41, 5.74) is 2.36. The van der Waals surface area contributed by atoms with E-state index in [2.05, 4.69) is 39.3 Å². The third-order valence-corrected chi connectivity index (χ3v) is 14.5. The lowest BCUT2D eigenvalue weighted by molar-refractivity contribution is 0.600. The van der Waals surface area contributed by atoms with Crippen LogP contribution in [0.15, 0.2) is 131 Å². The molecule has 0 aliphatic carbocycles. The first-order chi connectivity index (χ1) is 30.4. The lowest BCUT2D eigenvalue weighted by Crippen LogP contribution is -2.28. The minimum Gasteiger partial charge on any atom is -0.370 e. The van der Waals surface area contributed by atoms with Crippen molar-refractivity contribution < 1.29 is 33.7 Å². The third kappa shape index (κ3) is 13.8. The van der Waals surface area contributed by atoms with E-state index < -0.39 is 40.1 Å². The van der Waals surface area contributed by atoms with Crippen molar-refractivity contribution in [3.63, 3.8) is 0 Å². The molecule has 16 nitrogen and oxygen atoms in total. The van der Waals surface area contributed by atoms with Crippen LogP contribution in [0.3, 0.4) is 0 Å². The van der Waals surface area contributed by atoms with Crippen LogP contribution in [0.25, 0.3) is 21.5 Å². The lowest BCUT2D eigenvalue weighted by atomic mass is 10.1. The van der Waals surface area contributed by atoms with Crippen LogP contribution >= 0.6 is 24.8 Å². The SMILES string of the molecule is CS(=O)(=O)Nc1cc(N2CCCNCC2)ccc1NS(=O)(=O)c1ccc2ccccc2c1.CS(=O)(=O)Nc1cc(N2CCCNCC2)ccc1NS(=O)(=O)c1cccc2ccccc12.Cl.Cl. The standard InChI is InChI=1S/2C22H26N4O4S2.2ClH/c1-31(27,28)24-21-16-18(26-14-5-12-23-13-15-26)10-11-20(21)25-32(29,30)22-9-4-7-17-6-2-3-8-19(17)22;1-31(27,28)24-22-16-19(26-13-4-11-23-12-14-26)8-10-21(22)25-32(29,30)20-9-7-17-5-2-3-6-18(17)15-20;;/h2-4,6-11,16,23-25H,5,12-15H2,1H3;2-3,5-10,15-16,23-25H,4,11-14H2,1H3;2*1H. The van der Waals surface area contributed by atoms with Crippen LogP contribution in [0, 0.1) is 0 Å². The summed E-state index contributed by atoms with van der Waals surface area (Å²) >= 11 is 0. The molecule has 2 fully saturated rings. The Bertz CT molecular complexity index is 3080. The Morgan fingerprint density at radius 2 is 0.924 bits per heavy atom. The molecule has 356 valence electrons. The molecule has 6 N–H and O–H groups in total. The second-order valence-electron chi connectivity index (χ2n) is 15.6. The van der Waals surface area contributed by atoms with Gasteiger partial charge in [0.2, 0.25) is 20.0 Å². The first-order valence-electron chi connectivity index (χ1n) is 20.6. The number of rotatable bonds is 12. The van der Waals surface area contributed by atoms with E-state index in [0.717, 1.165) is 105 Å². The second-order valence-corrected chi connectivity index (χ2v) is 22.4. The molecule has 2 heterocycles. The Morgan fingerprint density at radius 1 is 0.439 bits per heavy atom. The summed E-state index contributed by atoms with van der Waals surface area (Å²) in [5, 5.41) is 9.78. The molecule has 0 atom stereocenters. The first kappa shape index (κ1) is 51.9. The van der Waals surface area contributed by atoms with Gasteiger partial charge >= 0.3 is 0 Å². The summed E-state index contributed by atoms with van der Waals surface area (Å²) < 4.78 is 111. The minimum absolute atomic E-state index is 0. The first-order valence-corrected chi connectivity index (χ1v) is 27.4. The molecule has 66 heavy (non-hydrogen) atoms. The molecule has 2 aliphatic rings. The third-order valence-electron chi connectivity index (χ3n) is 10.6. The van der Waals surface area contributed by atoms with Gasteiger partial charge < -0.3 is 20.4 Å². The molecule has 0 radical (unpaired) electrons. The Morgan fingerprint density at radius 3 is 1.47 bits per heavy atom. The van der Waals surface area contributed by atoms with Gasteiger partial charge in [-0.1, -0.05) is 66.7 Å². The van der Waals surface area contributed by atoms with Crippen molar-refractivity contribution in [1.29, 1.82) is 0 Å². The maximum atomic E-state index is 13.3. The van der Waals surface area contributed by atoms with Gasteiger partial charge in [0.15, 0.2) is 0 Å². The zero-order valence-corrected chi connectivity index (χ0v) is 41.1. The maximum absolute atomic E-state index is 13.3. The summed E-state index contributed by atoms with van der Waals surface area (Å²) in [7, 11) is -15.1. The summed E-state index contributed by atoms with van der Waals surface area (Å²) in [6.45, 7) is 6.71. The van der Waals surface area contributed by atoms with Gasteiger partial charge in [-0.3, -0.25) is 18.9 Å². The lowest BCUT2D eigenvalue weighted by Gasteiger charge is -2.24. The molecule has 8 rings (SSSR count). The molecule has 6 aromatic carbocycles. The van der Waals surface area contributed by atoms with Gasteiger partial charge in [0, 0.05) is 56.0 Å². The maximum Gasteiger partial charge on any atom is 0.262 e. The van der Waals surface area contributed by atoms with Crippen LogP contribution in [0.4, 0.5) is 34.1 Å². The van der Waals surface area contributed by atoms with Crippen LogP contribution in [0.5, 0.6) is 0 Å². The highest BCUT2D eigenvalue weighted by molar-refractivity contribution is 7.93. The molecule has 2 aliphatic heterocycles. The molecular formula is C44H54Cl2N8O8S4. The molecule has 0 saturated carbocycles. The number of nitrogens with one attached hydrogen (secondary N) is 6. The molecule has 6 aromatic rings. The van der Waals surface area contributed by atoms with E-state index >= 15 is 0 Å². The molecule has 0 unspecified atom stereocenters. The topological polar surface area (TPSA) is 215 Å². The smallest absolute Gasteiger partial charge is 0.262 e. The zero-order valence-electron chi connectivity index (χ0n) is 36.2. The number of hydrogen-bond acceptors (Lipinski definition) is 12. The molecule has 2 saturated heterocycles. The molecular weight excluding hydrogens is 968 g/mol. The fourth-order valence-electron chi connectivity index (χ4n) is 7.58. The van der Waals surface area contributed by atoms with Crippen molar-refractivity contribution in [2.45, 2.75) is 22.6 Å². The monoisotopic (exact) mass is 1020 g/mol. The van der Waals surface area contributed by atoms with E-state index in [4.69, 9.17) is 0 Å². The summed E-state index contributed by atoms with van der Waals surface area (Å²) in [4.78, 5) is 4.53. The molecule has 0 bridgehead atoms. The summed E-state index contributed by atoms with van der Waals surface area (Å²) in [5.74, 6) is 0. The van der Waals surface area contributed by atoms with Gasteiger partial charge in [0.05, 0.1) is 45.1 Å². The van der Waals surface area contributed by atoms with E-state index in [0.29, 0.717) is 5.39 Å². The number of fused-ring (bicyclic) bond motifs is 2. The van der Waals surface area contributed by atoms with E-state index in [1.807, 2.05) is 42.5 Å². The Labute approximate surface area is 400 Å². The van der Waals surface area contributed by atoms with Crippen LogP contribution in [0.1, 0.15) is 12.8 Å². The zero-order chi connectivity index (χ0) is 45.5. The highest BCUT2D eigenvalue weighted by atomic mass is 35.5. The van der Waals surface area contributed by atoms with Crippen molar-refractivity contribution in [3.8, 4) is 0 Å². The number of sulfonamides is 4. The molecule has 0 spiro atoms. The minimum atomic E-state index is -3.97. The van der Waals surface area contributed by atoms with Gasteiger partial charge in [0.1, 0.15) is 0 Å². The predicted molar refractivity (Wildman–Crippen MR) is 273 cm³/mol. The van der Waals surface area contributed by atoms with Crippen LogP contribution in [-0.4, -0.2) is 98.5 Å². The summed E-state index contributed by atoms with van der Waals surface area (Å²) in [6.07, 6.45) is 4.01. The Balaban J connectivity index is 0.000000240. The molecule has 0 amide bonds. The average Bonchev–Trinajstić information content (AvgIpc) is 3.70. The Kier molecular flexibility index (Phi) is 17.4. The van der Waals surface area contributed by atoms with Gasteiger partial charge in [0.25, 0.3) is 20.0 Å². The largest absolute Gasteiger partial charge is 0.370 e. The average molecular weight is 1020 g/mol. The molecule has 22 heteroatoms. The second kappa shape index (κ2) is 22.2. The number of hydrogen-bond donors (Lipinski definition) is 6. The van der Waals surface area contributed by atoms with Crippen molar-refractivity contribution in [1.82, 2.24) is 10.6 Å². The fraction of sp³-hybridized carbons (Fsp3) is 0.273. The predicted octanol–water partition coefficient (Wildman–Crippen LogP) is 6.47. The van der Waals surface area contributed by atoms with E-state index in [-0.39, 0.29) is 57.4 Å². The van der Waals surface area contributed by atoms with Crippen LogP contribution < -0.4 is 39.3 Å². The van der Waals surface area contributed by atoms with Crippen molar-refractivity contribution in [2.75, 3.05) is 93.6 Å². The van der Waals surface area contributed by atoms with Crippen molar-refractivity contribution in [2.24, 2.45) is 0 Å². The number of anilines is 6. The quantitative estimate of drug-likeness (QED) is 0.0779. The van der Waals surface area contributed by atoms with Crippen LogP contribution in [-0.2, 0) is 40.1 Å². The molecule has 0 aromatic heterocycles. The normalized spacial score (nSPS) is 14.9. The number of nitrogens with zero attached hydrogens (tertiary/aromatic N) is 2. The van der Waals surface area contributed by atoms with E-state index in [1.165, 1.54) is 12.1 Å². The Hall–Kier alpha value is -5.06. The van der Waals surface area contributed by atoms with Gasteiger partial charge in [-0.25, -0.2) is 33.7 Å². The van der Waals surface area contributed by atoms with E-state index in [9.17, 15) is 33.7 Å². The van der Waals surface area contributed by atoms with Gasteiger partial charge in [-0.2, -0.15) is 0 Å². The van der Waals surface area contributed by atoms with Gasteiger partial charge in [-0.05, 0) is 96.7 Å². The highest BCUT2D eigenvalue weighted by Crippen LogP contribution is 2.34. The van der Waals surface area contributed by atoms with E-state index in [1.54, 1.807) is 66.7 Å². The fourth-order valence-corrected chi connectivity index (χ4v) is 11.1.